The SMILES string of the molecule is CCCS(=O)(=O)N1Cc2cccn2CC(Oc2ccccn2)C1.O=C(O)C(F)(F)F. The number of aliphatic carboxylic acids is 1. The summed E-state index contributed by atoms with van der Waals surface area (Å²) in [7, 11) is -3.28. The van der Waals surface area contributed by atoms with Gasteiger partial charge in [0.1, 0.15) is 6.10 Å². The van der Waals surface area contributed by atoms with E-state index < -0.39 is 22.2 Å². The number of fused-ring (bicyclic) bond motifs is 1. The lowest BCUT2D eigenvalue weighted by Gasteiger charge is -2.23. The van der Waals surface area contributed by atoms with E-state index >= 15 is 0 Å². The molecule has 30 heavy (non-hydrogen) atoms. The van der Waals surface area contributed by atoms with Crippen LogP contribution in [0.5, 0.6) is 5.88 Å². The number of rotatable bonds is 5. The van der Waals surface area contributed by atoms with Crippen LogP contribution in [0.1, 0.15) is 19.0 Å². The third-order valence-electron chi connectivity index (χ3n) is 4.09. The number of ether oxygens (including phenoxy) is 1. The fraction of sp³-hybridized carbons (Fsp3) is 0.444. The standard InChI is InChI=1S/C16H21N3O3S.C2HF3O2/c1-2-10-23(20,21)19-11-14-6-5-9-18(14)12-15(13-19)22-16-7-3-4-8-17-16;3-2(4,5)1(6)7/h3-9,15H,2,10-13H2,1H3;(H,6,7). The lowest BCUT2D eigenvalue weighted by atomic mass is 10.3. The quantitative estimate of drug-likeness (QED) is 0.753. The number of hydrogen-bond donors (Lipinski definition) is 1. The van der Waals surface area contributed by atoms with Gasteiger partial charge in [0.2, 0.25) is 15.9 Å². The molecule has 0 aromatic carbocycles. The van der Waals surface area contributed by atoms with Gasteiger partial charge in [0.25, 0.3) is 0 Å². The minimum Gasteiger partial charge on any atom is -0.475 e. The molecule has 12 heteroatoms. The van der Waals surface area contributed by atoms with Gasteiger partial charge >= 0.3 is 12.1 Å². The van der Waals surface area contributed by atoms with E-state index in [2.05, 4.69) is 9.55 Å². The highest BCUT2D eigenvalue weighted by molar-refractivity contribution is 7.89. The zero-order chi connectivity index (χ0) is 22.4. The van der Waals surface area contributed by atoms with Gasteiger partial charge in [-0.3, -0.25) is 0 Å². The van der Waals surface area contributed by atoms with Crippen LogP contribution in [0.2, 0.25) is 0 Å². The van der Waals surface area contributed by atoms with Crippen molar-refractivity contribution in [2.45, 2.75) is 38.7 Å². The smallest absolute Gasteiger partial charge is 0.475 e. The van der Waals surface area contributed by atoms with Crippen LogP contribution in [0.4, 0.5) is 13.2 Å². The van der Waals surface area contributed by atoms with E-state index in [1.54, 1.807) is 12.3 Å². The zero-order valence-electron chi connectivity index (χ0n) is 16.1. The number of hydrogen-bond acceptors (Lipinski definition) is 5. The summed E-state index contributed by atoms with van der Waals surface area (Å²) in [5.74, 6) is -2.09. The first kappa shape index (κ1) is 23.7. The van der Waals surface area contributed by atoms with Gasteiger partial charge < -0.3 is 14.4 Å². The Morgan fingerprint density at radius 2 is 1.97 bits per heavy atom. The van der Waals surface area contributed by atoms with Gasteiger partial charge in [-0.15, -0.1) is 0 Å². The third-order valence-corrected chi connectivity index (χ3v) is 6.08. The van der Waals surface area contributed by atoms with Crippen molar-refractivity contribution in [1.82, 2.24) is 13.9 Å². The molecule has 1 atom stereocenters. The number of aromatic nitrogens is 2. The van der Waals surface area contributed by atoms with Crippen LogP contribution >= 0.6 is 0 Å². The maximum atomic E-state index is 12.5. The number of carboxylic acids is 1. The fourth-order valence-electron chi connectivity index (χ4n) is 2.78. The molecule has 166 valence electrons. The largest absolute Gasteiger partial charge is 0.490 e. The number of carbonyl (C=O) groups is 1. The molecule has 0 radical (unpaired) electrons. The number of carboxylic acid groups (broad SMARTS) is 1. The van der Waals surface area contributed by atoms with Gasteiger partial charge in [-0.25, -0.2) is 18.2 Å². The van der Waals surface area contributed by atoms with Crippen molar-refractivity contribution in [2.24, 2.45) is 0 Å². The lowest BCUT2D eigenvalue weighted by Crippen LogP contribution is -2.39. The maximum Gasteiger partial charge on any atom is 0.490 e. The summed E-state index contributed by atoms with van der Waals surface area (Å²) >= 11 is 0. The molecule has 0 aliphatic carbocycles. The van der Waals surface area contributed by atoms with Crippen molar-refractivity contribution in [2.75, 3.05) is 12.3 Å². The van der Waals surface area contributed by atoms with Crippen LogP contribution in [-0.4, -0.2) is 57.9 Å². The molecule has 2 aromatic heterocycles. The zero-order valence-corrected chi connectivity index (χ0v) is 16.9. The van der Waals surface area contributed by atoms with Crippen molar-refractivity contribution >= 4 is 16.0 Å². The van der Waals surface area contributed by atoms with Gasteiger partial charge in [0, 0.05) is 24.2 Å². The summed E-state index contributed by atoms with van der Waals surface area (Å²) in [6.07, 6.45) is -1.13. The molecule has 3 heterocycles. The Bertz CT molecular complexity index is 932. The molecule has 1 unspecified atom stereocenters. The molecule has 8 nitrogen and oxygen atoms in total. The third kappa shape index (κ3) is 6.73. The summed E-state index contributed by atoms with van der Waals surface area (Å²) in [5.41, 5.74) is 0.983. The van der Waals surface area contributed by atoms with E-state index in [0.29, 0.717) is 31.9 Å². The predicted molar refractivity (Wildman–Crippen MR) is 101 cm³/mol. The van der Waals surface area contributed by atoms with E-state index in [9.17, 15) is 21.6 Å². The Labute approximate surface area is 171 Å². The first-order valence-electron chi connectivity index (χ1n) is 9.02. The van der Waals surface area contributed by atoms with E-state index in [4.69, 9.17) is 14.6 Å². The molecule has 0 fully saturated rings. The summed E-state index contributed by atoms with van der Waals surface area (Å²) in [6, 6.07) is 9.35. The highest BCUT2D eigenvalue weighted by atomic mass is 32.2. The minimum atomic E-state index is -5.08. The molecule has 0 spiro atoms. The highest BCUT2D eigenvalue weighted by Gasteiger charge is 2.38. The van der Waals surface area contributed by atoms with E-state index in [1.807, 2.05) is 37.4 Å². The summed E-state index contributed by atoms with van der Waals surface area (Å²) in [6.45, 7) is 3.20. The second-order valence-corrected chi connectivity index (χ2v) is 8.56. The summed E-state index contributed by atoms with van der Waals surface area (Å²) in [4.78, 5) is 13.1. The minimum absolute atomic E-state index is 0.157. The molecule has 0 saturated heterocycles. The average Bonchev–Trinajstić information content (AvgIpc) is 3.00. The Hall–Kier alpha value is -2.60. The maximum absolute atomic E-state index is 12.5. The second kappa shape index (κ2) is 9.94. The van der Waals surface area contributed by atoms with Gasteiger partial charge in [-0.2, -0.15) is 17.5 Å². The number of alkyl halides is 3. The first-order chi connectivity index (χ1) is 14.0. The Morgan fingerprint density at radius 3 is 2.53 bits per heavy atom. The van der Waals surface area contributed by atoms with E-state index in [1.165, 1.54) is 4.31 Å². The van der Waals surface area contributed by atoms with Crippen LogP contribution in [0.15, 0.2) is 42.7 Å². The number of sulfonamides is 1. The van der Waals surface area contributed by atoms with Crippen LogP contribution in [0.3, 0.4) is 0 Å². The van der Waals surface area contributed by atoms with Crippen molar-refractivity contribution in [1.29, 1.82) is 0 Å². The molecule has 2 aromatic rings. The van der Waals surface area contributed by atoms with Crippen molar-refractivity contribution in [3.8, 4) is 5.88 Å². The van der Waals surface area contributed by atoms with Crippen LogP contribution in [0, 0.1) is 0 Å². The Balaban J connectivity index is 0.000000396. The molecule has 0 saturated carbocycles. The number of pyridine rings is 1. The van der Waals surface area contributed by atoms with E-state index in [0.717, 1.165) is 5.69 Å². The number of nitrogens with zero attached hydrogens (tertiary/aromatic N) is 3. The van der Waals surface area contributed by atoms with Crippen LogP contribution < -0.4 is 4.74 Å². The van der Waals surface area contributed by atoms with Crippen LogP contribution in [-0.2, 0) is 27.9 Å². The molecule has 3 rings (SSSR count). The van der Waals surface area contributed by atoms with E-state index in [-0.39, 0.29) is 11.9 Å². The Kier molecular flexibility index (Phi) is 7.84. The molecular formula is C18H22F3N3O5S. The molecule has 0 bridgehead atoms. The molecule has 0 amide bonds. The van der Waals surface area contributed by atoms with Crippen molar-refractivity contribution in [3.63, 3.8) is 0 Å². The summed E-state index contributed by atoms with van der Waals surface area (Å²) < 4.78 is 66.3. The van der Waals surface area contributed by atoms with Gasteiger partial charge in [0.05, 0.1) is 25.4 Å². The molecule has 1 N–H and O–H groups in total. The summed E-state index contributed by atoms with van der Waals surface area (Å²) in [5, 5.41) is 7.12. The number of halogens is 3. The molecule has 1 aliphatic rings. The topological polar surface area (TPSA) is 102 Å². The van der Waals surface area contributed by atoms with Crippen molar-refractivity contribution < 1.29 is 36.2 Å². The normalized spacial score (nSPS) is 17.3. The van der Waals surface area contributed by atoms with Crippen LogP contribution in [0.25, 0.3) is 0 Å². The van der Waals surface area contributed by atoms with Gasteiger partial charge in [-0.1, -0.05) is 13.0 Å². The highest BCUT2D eigenvalue weighted by Crippen LogP contribution is 2.20. The average molecular weight is 449 g/mol. The molecular weight excluding hydrogens is 427 g/mol. The lowest BCUT2D eigenvalue weighted by molar-refractivity contribution is -0.192. The monoisotopic (exact) mass is 449 g/mol. The predicted octanol–water partition coefficient (Wildman–Crippen LogP) is 2.52. The van der Waals surface area contributed by atoms with Gasteiger partial charge in [0.15, 0.2) is 0 Å². The molecule has 1 aliphatic heterocycles. The van der Waals surface area contributed by atoms with Crippen molar-refractivity contribution in [3.05, 3.63) is 48.4 Å². The Morgan fingerprint density at radius 1 is 1.27 bits per heavy atom. The second-order valence-electron chi connectivity index (χ2n) is 6.47. The van der Waals surface area contributed by atoms with Gasteiger partial charge in [-0.05, 0) is 24.6 Å². The first-order valence-corrected chi connectivity index (χ1v) is 10.6. The fourth-order valence-corrected chi connectivity index (χ4v) is 4.28.